The summed E-state index contributed by atoms with van der Waals surface area (Å²) in [6, 6.07) is 7.12. The molecule has 0 spiro atoms. The fourth-order valence-corrected chi connectivity index (χ4v) is 25.1. The average molecular weight is 744 g/mol. The van der Waals surface area contributed by atoms with Crippen molar-refractivity contribution in [2.45, 2.75) is 179 Å². The Balaban J connectivity index is 1.43. The molecule has 0 atom stereocenters. The predicted molar refractivity (Wildman–Crippen MR) is 203 cm³/mol. The molecule has 46 heavy (non-hydrogen) atoms. The Bertz CT molecular complexity index is 943. The Morgan fingerprint density at radius 2 is 1.09 bits per heavy atom. The smallest absolute Gasteiger partial charge is 0.0355 e. The summed E-state index contributed by atoms with van der Waals surface area (Å²) in [4.78, 5) is 0. The van der Waals surface area contributed by atoms with Gasteiger partial charge >= 0.3 is 239 Å². The quantitative estimate of drug-likeness (QED) is 0.0819. The number of aromatic hydroxyl groups is 1. The van der Waals surface area contributed by atoms with Gasteiger partial charge in [-0.2, -0.15) is 0 Å². The molecule has 0 unspecified atom stereocenters. The van der Waals surface area contributed by atoms with Gasteiger partial charge in [0, 0.05) is 19.8 Å². The Labute approximate surface area is 291 Å². The van der Waals surface area contributed by atoms with Crippen molar-refractivity contribution in [2.24, 2.45) is 0 Å². The summed E-state index contributed by atoms with van der Waals surface area (Å²) in [6.45, 7) is 8.80. The number of ether oxygens (including phenoxy) is 1. The van der Waals surface area contributed by atoms with Crippen LogP contribution in [0.2, 0.25) is 6.04 Å². The second-order valence-electron chi connectivity index (χ2n) is 14.4. The van der Waals surface area contributed by atoms with E-state index in [2.05, 4.69) is 12.1 Å². The second-order valence-corrected chi connectivity index (χ2v) is 27.0. The van der Waals surface area contributed by atoms with E-state index in [0.29, 0.717) is 42.5 Å². The summed E-state index contributed by atoms with van der Waals surface area (Å²) in [5, 5.41) is 9.80. The number of phenolic OH excluding ortho intramolecular Hbond substituents is 1. The van der Waals surface area contributed by atoms with Gasteiger partial charge in [0.15, 0.2) is 0 Å². The van der Waals surface area contributed by atoms with Crippen LogP contribution < -0.4 is 10.0 Å². The summed E-state index contributed by atoms with van der Waals surface area (Å²) >= 11 is 4.99. The molecule has 1 aromatic rings. The average Bonchev–Trinajstić information content (AvgIpc) is 3.09. The van der Waals surface area contributed by atoms with Crippen LogP contribution in [-0.4, -0.2) is 57.3 Å². The first-order valence-electron chi connectivity index (χ1n) is 19.5. The minimum absolute atomic E-state index is 0.420. The minimum atomic E-state index is -2.70. The third-order valence-corrected chi connectivity index (χ3v) is 28.5. The molecule has 0 aromatic heterocycles. The first kappa shape index (κ1) is 38.6. The normalized spacial score (nSPS) is 20.4. The van der Waals surface area contributed by atoms with Crippen LogP contribution in [0.25, 0.3) is 0 Å². The Morgan fingerprint density at radius 3 is 1.54 bits per heavy atom. The van der Waals surface area contributed by atoms with Crippen LogP contribution >= 0.6 is 20.8 Å². The number of rotatable bonds is 20. The van der Waals surface area contributed by atoms with E-state index >= 15 is 0 Å². The fourth-order valence-electron chi connectivity index (χ4n) is 9.63. The van der Waals surface area contributed by atoms with Crippen molar-refractivity contribution in [3.63, 3.8) is 0 Å². The van der Waals surface area contributed by atoms with Crippen molar-refractivity contribution >= 4 is 34.9 Å². The molecule has 0 bridgehead atoms. The summed E-state index contributed by atoms with van der Waals surface area (Å²) in [7, 11) is -2.52. The maximum absolute atomic E-state index is 11.1. The maximum atomic E-state index is 11.1. The van der Waals surface area contributed by atoms with Crippen LogP contribution in [0.15, 0.2) is 18.2 Å². The fraction of sp³-hybridized carbons (Fsp3) is 0.842. The van der Waals surface area contributed by atoms with E-state index in [0.717, 1.165) is 31.2 Å². The molecule has 0 aliphatic heterocycles. The van der Waals surface area contributed by atoms with Gasteiger partial charge in [0.25, 0.3) is 0 Å². The minimum Gasteiger partial charge on any atom is -0.374 e. The van der Waals surface area contributed by atoms with Crippen molar-refractivity contribution in [3.05, 3.63) is 18.2 Å². The molecule has 4 rings (SSSR count). The monoisotopic (exact) mass is 742 g/mol. The Hall–Kier alpha value is -0.173. The first-order valence-corrected chi connectivity index (χ1v) is 25.9. The van der Waals surface area contributed by atoms with Crippen LogP contribution in [0.1, 0.15) is 156 Å². The summed E-state index contributed by atoms with van der Waals surface area (Å²) in [6.07, 6.45) is 27.3. The van der Waals surface area contributed by atoms with E-state index in [9.17, 15) is 5.11 Å². The number of phenols is 1. The molecule has 0 amide bonds. The zero-order valence-electron chi connectivity index (χ0n) is 29.8. The number of halogens is 1. The number of hydrogen-bond acceptors (Lipinski definition) is 5. The molecule has 3 fully saturated rings. The van der Waals surface area contributed by atoms with Crippen molar-refractivity contribution in [3.8, 4) is 11.5 Å². The van der Waals surface area contributed by atoms with E-state index in [1.54, 1.807) is 0 Å². The molecule has 3 aliphatic rings. The SMILES string of the molecule is CCO[Si](CCCCCCCCOc1ccc(O)cc1P(Br)(C1CCCCC1)(C1CCCCC1)C1CCCCC1)(OCC)OCC. The summed E-state index contributed by atoms with van der Waals surface area (Å²) in [5.74, 6) is 1.50. The molecule has 0 heterocycles. The van der Waals surface area contributed by atoms with Gasteiger partial charge in [-0.05, 0) is 20.8 Å². The van der Waals surface area contributed by atoms with Crippen molar-refractivity contribution in [2.75, 3.05) is 26.4 Å². The predicted octanol–water partition coefficient (Wildman–Crippen LogP) is 11.6. The molecule has 3 saturated carbocycles. The van der Waals surface area contributed by atoms with E-state index < -0.39 is 14.1 Å². The number of benzene rings is 1. The molecule has 266 valence electrons. The van der Waals surface area contributed by atoms with E-state index in [4.69, 9.17) is 33.5 Å². The third-order valence-electron chi connectivity index (χ3n) is 11.6. The Morgan fingerprint density at radius 1 is 0.652 bits per heavy atom. The largest absolute Gasteiger partial charge is 0.374 e. The maximum Gasteiger partial charge on any atom is 0.0355 e. The van der Waals surface area contributed by atoms with E-state index in [1.165, 1.54) is 127 Å². The molecule has 0 radical (unpaired) electrons. The zero-order valence-corrected chi connectivity index (χ0v) is 33.2. The summed E-state index contributed by atoms with van der Waals surface area (Å²) < 4.78 is 24.9. The van der Waals surface area contributed by atoms with E-state index in [1.807, 2.05) is 26.8 Å². The van der Waals surface area contributed by atoms with Crippen LogP contribution in [0.4, 0.5) is 0 Å². The van der Waals surface area contributed by atoms with Crippen LogP contribution in [0.3, 0.4) is 0 Å². The van der Waals surface area contributed by atoms with Gasteiger partial charge in [0.2, 0.25) is 0 Å². The van der Waals surface area contributed by atoms with Gasteiger partial charge < -0.3 is 13.3 Å². The van der Waals surface area contributed by atoms with Gasteiger partial charge in [-0.15, -0.1) is 0 Å². The first-order chi connectivity index (χ1) is 22.4. The topological polar surface area (TPSA) is 57.2 Å². The molecule has 8 heteroatoms. The molecular weight excluding hydrogens is 675 g/mol. The van der Waals surface area contributed by atoms with Gasteiger partial charge in [-0.25, -0.2) is 0 Å². The van der Waals surface area contributed by atoms with Gasteiger partial charge in [-0.1, -0.05) is 0 Å². The molecule has 5 nitrogen and oxygen atoms in total. The molecule has 1 aromatic carbocycles. The second kappa shape index (κ2) is 19.3. The van der Waals surface area contributed by atoms with Crippen molar-refractivity contribution < 1.29 is 23.1 Å². The molecular formula is C38H68BrO5PSi. The Kier molecular flexibility index (Phi) is 16.2. The van der Waals surface area contributed by atoms with Crippen LogP contribution in [0.5, 0.6) is 11.5 Å². The van der Waals surface area contributed by atoms with Crippen molar-refractivity contribution in [1.29, 1.82) is 0 Å². The molecule has 3 aliphatic carbocycles. The zero-order chi connectivity index (χ0) is 32.7. The third kappa shape index (κ3) is 9.13. The number of unbranched alkanes of at least 4 members (excludes halogenated alkanes) is 5. The van der Waals surface area contributed by atoms with Gasteiger partial charge in [0.1, 0.15) is 0 Å². The number of hydrogen-bond donors (Lipinski definition) is 1. The van der Waals surface area contributed by atoms with Crippen LogP contribution in [-0.2, 0) is 13.3 Å². The van der Waals surface area contributed by atoms with Crippen molar-refractivity contribution in [1.82, 2.24) is 0 Å². The standard InChI is InChI=1S/C38H68BrO5PSi/c1-4-42-46(43-5-2,44-6-3)31-21-10-8-7-9-20-30-41-37-29-28-33(40)32-38(37)45(39,34-22-14-11-15-23-34,35-24-16-12-17-25-35)36-26-18-13-19-27-36/h28-29,32,34-36,40H,4-27,30-31H2,1-3H3. The van der Waals surface area contributed by atoms with Crippen LogP contribution in [0, 0.1) is 0 Å². The van der Waals surface area contributed by atoms with E-state index in [-0.39, 0.29) is 0 Å². The molecule has 1 N–H and O–H groups in total. The molecule has 0 saturated heterocycles. The summed E-state index contributed by atoms with van der Waals surface area (Å²) in [5.41, 5.74) is 2.14. The van der Waals surface area contributed by atoms with Gasteiger partial charge in [-0.3, -0.25) is 0 Å². The van der Waals surface area contributed by atoms with Gasteiger partial charge in [0.05, 0.1) is 0 Å².